The minimum Gasteiger partial charge on any atom is -0.491 e. The summed E-state index contributed by atoms with van der Waals surface area (Å²) in [5.74, 6) is -2.33. The first kappa shape index (κ1) is 47.3. The number of hydrogen-bond donors (Lipinski definition) is 5. The standard InChI is InChI=1S/C47H54F3N3O9/c1-46(2,3)62-45(59)52-27-40(44(58)53-35-18-17-33-26-51-22-21-32(33)23-35)31-15-13-30(14-16-31)28-61-43(57)12-7-5-4-6-11-38-39(42(56)25-41(38)55)20-19-36(54)29-60-37-10-8-9-34(24-37)47(48,49)50/h4,6,8-10,13-24,26,36,38-42,54-56H,5,7,11-12,25,27-29H2,1-3H3,(H,52,59)(H,53,58)/b6-4-,20-19+/t36?,38?,39?,40?,41-,42+/m0/s1. The molecule has 1 heterocycles. The molecule has 2 amide bonds. The van der Waals surface area contributed by atoms with Gasteiger partial charge in [-0.1, -0.05) is 60.7 Å². The topological polar surface area (TPSA) is 177 Å². The third-order valence-electron chi connectivity index (χ3n) is 10.2. The fourth-order valence-electron chi connectivity index (χ4n) is 7.03. The van der Waals surface area contributed by atoms with Crippen molar-refractivity contribution >= 4 is 34.4 Å². The van der Waals surface area contributed by atoms with Gasteiger partial charge in [-0.3, -0.25) is 14.6 Å². The largest absolute Gasteiger partial charge is 0.491 e. The highest BCUT2D eigenvalue weighted by Gasteiger charge is 2.39. The zero-order valence-corrected chi connectivity index (χ0v) is 34.9. The average molecular weight is 862 g/mol. The molecule has 0 radical (unpaired) electrons. The van der Waals surface area contributed by atoms with Crippen molar-refractivity contribution in [2.75, 3.05) is 18.5 Å². The van der Waals surface area contributed by atoms with Crippen molar-refractivity contribution in [1.29, 1.82) is 0 Å². The molecule has 12 nitrogen and oxygen atoms in total. The number of fused-ring (bicyclic) bond motifs is 1. The van der Waals surface area contributed by atoms with E-state index in [1.165, 1.54) is 18.2 Å². The van der Waals surface area contributed by atoms with Crippen molar-refractivity contribution in [2.24, 2.45) is 11.8 Å². The van der Waals surface area contributed by atoms with Crippen LogP contribution in [0.2, 0.25) is 0 Å². The van der Waals surface area contributed by atoms with E-state index in [-0.39, 0.29) is 56.1 Å². The minimum absolute atomic E-state index is 0.0246. The highest BCUT2D eigenvalue weighted by molar-refractivity contribution is 5.98. The lowest BCUT2D eigenvalue weighted by Crippen LogP contribution is -2.37. The quantitative estimate of drug-likeness (QED) is 0.0374. The number of alkyl carbamates (subject to hydrolysis) is 1. The average Bonchev–Trinajstić information content (AvgIpc) is 3.49. The lowest BCUT2D eigenvalue weighted by Gasteiger charge is -2.22. The molecule has 3 aromatic carbocycles. The second kappa shape index (κ2) is 21.8. The summed E-state index contributed by atoms with van der Waals surface area (Å²) in [7, 11) is 0. The van der Waals surface area contributed by atoms with Crippen LogP contribution in [0.1, 0.15) is 75.5 Å². The van der Waals surface area contributed by atoms with Gasteiger partial charge in [-0.05, 0) is 98.9 Å². The van der Waals surface area contributed by atoms with Crippen molar-refractivity contribution in [3.05, 3.63) is 126 Å². The second-order valence-electron chi connectivity index (χ2n) is 16.3. The molecular weight excluding hydrogens is 808 g/mol. The number of aliphatic hydroxyl groups excluding tert-OH is 3. The van der Waals surface area contributed by atoms with E-state index in [1.807, 2.05) is 30.4 Å². The number of halogens is 3. The lowest BCUT2D eigenvalue weighted by atomic mass is 9.89. The van der Waals surface area contributed by atoms with Crippen LogP contribution in [0.15, 0.2) is 109 Å². The number of anilines is 1. The highest BCUT2D eigenvalue weighted by atomic mass is 19.4. The summed E-state index contributed by atoms with van der Waals surface area (Å²) in [5.41, 5.74) is 0.347. The zero-order valence-electron chi connectivity index (χ0n) is 34.9. The van der Waals surface area contributed by atoms with E-state index in [0.717, 1.165) is 22.9 Å². The molecule has 0 saturated heterocycles. The number of unbranched alkanes of at least 4 members (excludes halogenated alkanes) is 1. The van der Waals surface area contributed by atoms with Gasteiger partial charge in [0.05, 0.1) is 23.7 Å². The number of esters is 1. The molecule has 332 valence electrons. The first-order valence-electron chi connectivity index (χ1n) is 20.5. The van der Waals surface area contributed by atoms with Crippen LogP contribution in [-0.4, -0.2) is 75.3 Å². The fraction of sp³-hybridized carbons (Fsp3) is 0.404. The summed E-state index contributed by atoms with van der Waals surface area (Å²) >= 11 is 0. The van der Waals surface area contributed by atoms with Gasteiger partial charge in [0.1, 0.15) is 30.7 Å². The lowest BCUT2D eigenvalue weighted by molar-refractivity contribution is -0.145. The molecule has 0 spiro atoms. The number of carbonyl (C=O) groups is 3. The Morgan fingerprint density at radius 2 is 1.73 bits per heavy atom. The molecule has 1 fully saturated rings. The van der Waals surface area contributed by atoms with Gasteiger partial charge in [0.15, 0.2) is 0 Å². The van der Waals surface area contributed by atoms with Crippen molar-refractivity contribution in [1.82, 2.24) is 10.3 Å². The van der Waals surface area contributed by atoms with E-state index < -0.39 is 53.6 Å². The molecule has 62 heavy (non-hydrogen) atoms. The first-order chi connectivity index (χ1) is 29.4. The number of hydrogen-bond acceptors (Lipinski definition) is 10. The molecule has 1 aliphatic rings. The van der Waals surface area contributed by atoms with E-state index in [0.29, 0.717) is 36.1 Å². The van der Waals surface area contributed by atoms with Gasteiger partial charge in [0.2, 0.25) is 5.91 Å². The number of benzene rings is 3. The molecule has 6 atom stereocenters. The van der Waals surface area contributed by atoms with Crippen molar-refractivity contribution < 1.29 is 57.1 Å². The van der Waals surface area contributed by atoms with Gasteiger partial charge in [-0.15, -0.1) is 0 Å². The molecule has 1 aliphatic carbocycles. The van der Waals surface area contributed by atoms with Gasteiger partial charge in [-0.25, -0.2) is 4.79 Å². The van der Waals surface area contributed by atoms with Crippen molar-refractivity contribution in [3.63, 3.8) is 0 Å². The normalized spacial score (nSPS) is 19.0. The van der Waals surface area contributed by atoms with Crippen LogP contribution in [0.25, 0.3) is 10.8 Å². The number of amides is 2. The Kier molecular flexibility index (Phi) is 16.7. The van der Waals surface area contributed by atoms with E-state index >= 15 is 0 Å². The monoisotopic (exact) mass is 861 g/mol. The number of nitrogens with zero attached hydrogens (tertiary/aromatic N) is 1. The molecule has 0 aliphatic heterocycles. The number of aliphatic hydroxyl groups is 3. The number of nitrogens with one attached hydrogen (secondary N) is 2. The van der Waals surface area contributed by atoms with E-state index in [1.54, 1.807) is 69.6 Å². The molecule has 4 aromatic rings. The predicted octanol–water partition coefficient (Wildman–Crippen LogP) is 8.01. The van der Waals surface area contributed by atoms with Crippen LogP contribution in [0.5, 0.6) is 5.75 Å². The Balaban J connectivity index is 1.06. The number of allylic oxidation sites excluding steroid dienone is 2. The Hall–Kier alpha value is -5.77. The Morgan fingerprint density at radius 3 is 2.47 bits per heavy atom. The minimum atomic E-state index is -4.52. The predicted molar refractivity (Wildman–Crippen MR) is 227 cm³/mol. The van der Waals surface area contributed by atoms with Gasteiger partial charge < -0.3 is 40.2 Å². The molecule has 0 bridgehead atoms. The van der Waals surface area contributed by atoms with Crippen LogP contribution < -0.4 is 15.4 Å². The Labute approximate surface area is 358 Å². The summed E-state index contributed by atoms with van der Waals surface area (Å²) in [6, 6.07) is 18.7. The van der Waals surface area contributed by atoms with Crippen LogP contribution in [0.4, 0.5) is 23.7 Å². The molecule has 5 N–H and O–H groups in total. The number of pyridine rings is 1. The summed E-state index contributed by atoms with van der Waals surface area (Å²) in [6.45, 7) is 4.94. The smallest absolute Gasteiger partial charge is 0.416 e. The van der Waals surface area contributed by atoms with Crippen LogP contribution in [-0.2, 0) is 31.8 Å². The first-order valence-corrected chi connectivity index (χ1v) is 20.5. The summed E-state index contributed by atoms with van der Waals surface area (Å²) in [5, 5.41) is 39.0. The highest BCUT2D eigenvalue weighted by Crippen LogP contribution is 2.37. The molecule has 5 rings (SSSR count). The molecule has 1 aromatic heterocycles. The summed E-state index contributed by atoms with van der Waals surface area (Å²) in [4.78, 5) is 42.8. The maximum absolute atomic E-state index is 13.6. The number of rotatable bonds is 18. The van der Waals surface area contributed by atoms with Crippen LogP contribution in [0, 0.1) is 11.8 Å². The summed E-state index contributed by atoms with van der Waals surface area (Å²) in [6.07, 6.45) is 4.08. The van der Waals surface area contributed by atoms with Crippen LogP contribution in [0.3, 0.4) is 0 Å². The number of ether oxygens (including phenoxy) is 3. The van der Waals surface area contributed by atoms with Crippen LogP contribution >= 0.6 is 0 Å². The fourth-order valence-corrected chi connectivity index (χ4v) is 7.03. The Morgan fingerprint density at radius 1 is 0.952 bits per heavy atom. The number of carbonyl (C=O) groups excluding carboxylic acids is 3. The van der Waals surface area contributed by atoms with Crippen molar-refractivity contribution in [2.45, 2.75) is 95.5 Å². The number of aromatic nitrogens is 1. The maximum atomic E-state index is 13.6. The molecular formula is C47H54F3N3O9. The van der Waals surface area contributed by atoms with E-state index in [4.69, 9.17) is 14.2 Å². The van der Waals surface area contributed by atoms with Crippen molar-refractivity contribution in [3.8, 4) is 5.75 Å². The third kappa shape index (κ3) is 14.7. The Bertz CT molecular complexity index is 2170. The second-order valence-corrected chi connectivity index (χ2v) is 16.3. The van der Waals surface area contributed by atoms with E-state index in [2.05, 4.69) is 15.6 Å². The summed E-state index contributed by atoms with van der Waals surface area (Å²) < 4.78 is 55.2. The van der Waals surface area contributed by atoms with Gasteiger partial charge in [0.25, 0.3) is 0 Å². The van der Waals surface area contributed by atoms with Gasteiger partial charge >= 0.3 is 18.2 Å². The van der Waals surface area contributed by atoms with Gasteiger partial charge in [-0.2, -0.15) is 13.2 Å². The molecule has 15 heteroatoms. The SMILES string of the molecule is CC(C)(C)OC(=O)NCC(C(=O)Nc1ccc2cnccc2c1)c1ccc(COC(=O)CCC/C=C\CC2C(/C=C/C(O)COc3cccc(C(F)(F)F)c3)[C@H](O)C[C@@H]2O)cc1. The maximum Gasteiger partial charge on any atom is 0.416 e. The zero-order chi connectivity index (χ0) is 44.9. The van der Waals surface area contributed by atoms with E-state index in [9.17, 15) is 42.9 Å². The number of alkyl halides is 3. The molecule has 1 saturated carbocycles. The van der Waals surface area contributed by atoms with Gasteiger partial charge in [0, 0.05) is 48.8 Å². The third-order valence-corrected chi connectivity index (χ3v) is 10.2. The molecule has 4 unspecified atom stereocenters.